The molecule has 1 aliphatic carbocycles. The molecule has 2 aromatic carbocycles. The third-order valence-electron chi connectivity index (χ3n) is 7.66. The molecule has 39 heavy (non-hydrogen) atoms. The summed E-state index contributed by atoms with van der Waals surface area (Å²) in [6.45, 7) is 4.14. The van der Waals surface area contributed by atoms with Crippen molar-refractivity contribution in [1.82, 2.24) is 20.2 Å². The molecule has 206 valence electrons. The number of hydrogen-bond acceptors (Lipinski definition) is 4. The Labute approximate surface area is 227 Å². The van der Waals surface area contributed by atoms with Crippen LogP contribution in [-0.2, 0) is 12.6 Å². The van der Waals surface area contributed by atoms with E-state index >= 15 is 0 Å². The van der Waals surface area contributed by atoms with Crippen molar-refractivity contribution in [3.63, 3.8) is 0 Å². The fraction of sp³-hybridized carbons (Fsp3) is 0.433. The highest BCUT2D eigenvalue weighted by atomic mass is 19.4. The van der Waals surface area contributed by atoms with Gasteiger partial charge >= 0.3 is 12.2 Å². The van der Waals surface area contributed by atoms with Gasteiger partial charge in [0.1, 0.15) is 5.82 Å². The van der Waals surface area contributed by atoms with Gasteiger partial charge in [-0.1, -0.05) is 61.7 Å². The second-order valence-corrected chi connectivity index (χ2v) is 10.4. The van der Waals surface area contributed by atoms with Crippen molar-refractivity contribution in [1.29, 1.82) is 0 Å². The standard InChI is InChI=1S/C30H34F3N5O/c1-21-26(19-22-9-4-2-5-10-22)28(36-27(34-21)23-11-8-12-24(20-23)30(31,32)33)37-15-17-38(18-16-37)29(39)35-25-13-6-3-7-14-25/h2,4-5,8-12,20,25H,3,6-7,13-19H2,1H3,(H,35,39). The molecule has 9 heteroatoms. The topological polar surface area (TPSA) is 61.4 Å². The van der Waals surface area contributed by atoms with Crippen molar-refractivity contribution in [2.45, 2.75) is 57.7 Å². The molecule has 0 spiro atoms. The smallest absolute Gasteiger partial charge is 0.353 e. The Hall–Kier alpha value is -3.62. The van der Waals surface area contributed by atoms with E-state index in [0.717, 1.165) is 54.6 Å². The number of halogens is 3. The van der Waals surface area contributed by atoms with E-state index in [-0.39, 0.29) is 17.9 Å². The Bertz CT molecular complexity index is 1280. The lowest BCUT2D eigenvalue weighted by Crippen LogP contribution is -2.54. The van der Waals surface area contributed by atoms with E-state index in [0.29, 0.717) is 44.0 Å². The predicted molar refractivity (Wildman–Crippen MR) is 146 cm³/mol. The van der Waals surface area contributed by atoms with Crippen LogP contribution in [0.3, 0.4) is 0 Å². The van der Waals surface area contributed by atoms with Crippen LogP contribution in [0.4, 0.5) is 23.8 Å². The molecule has 0 radical (unpaired) electrons. The molecule has 0 bridgehead atoms. The van der Waals surface area contributed by atoms with Gasteiger partial charge in [-0.3, -0.25) is 0 Å². The largest absolute Gasteiger partial charge is 0.416 e. The molecule has 2 heterocycles. The fourth-order valence-corrected chi connectivity index (χ4v) is 5.45. The molecule has 2 aliphatic rings. The number of carbonyl (C=O) groups is 1. The third kappa shape index (κ3) is 6.52. The average molecular weight is 538 g/mol. The van der Waals surface area contributed by atoms with E-state index in [9.17, 15) is 18.0 Å². The fourth-order valence-electron chi connectivity index (χ4n) is 5.45. The van der Waals surface area contributed by atoms with Crippen LogP contribution in [0, 0.1) is 6.92 Å². The third-order valence-corrected chi connectivity index (χ3v) is 7.66. The van der Waals surface area contributed by atoms with Gasteiger partial charge in [0.2, 0.25) is 0 Å². The van der Waals surface area contributed by atoms with Crippen molar-refractivity contribution in [2.75, 3.05) is 31.1 Å². The lowest BCUT2D eigenvalue weighted by molar-refractivity contribution is -0.137. The van der Waals surface area contributed by atoms with Crippen molar-refractivity contribution < 1.29 is 18.0 Å². The first kappa shape index (κ1) is 27.0. The molecular formula is C30H34F3N5O. The molecule has 2 fully saturated rings. The van der Waals surface area contributed by atoms with Crippen LogP contribution in [0.5, 0.6) is 0 Å². The van der Waals surface area contributed by atoms with Crippen molar-refractivity contribution in [3.8, 4) is 11.4 Å². The number of aryl methyl sites for hydroxylation is 1. The maximum absolute atomic E-state index is 13.4. The first-order valence-electron chi connectivity index (χ1n) is 13.7. The molecular weight excluding hydrogens is 503 g/mol. The molecule has 0 atom stereocenters. The molecule has 1 aliphatic heterocycles. The van der Waals surface area contributed by atoms with Gasteiger partial charge in [-0.25, -0.2) is 14.8 Å². The number of piperazine rings is 1. The molecule has 2 amide bonds. The highest BCUT2D eigenvalue weighted by molar-refractivity contribution is 5.75. The van der Waals surface area contributed by atoms with Crippen LogP contribution < -0.4 is 10.2 Å². The number of carbonyl (C=O) groups excluding carboxylic acids is 1. The van der Waals surface area contributed by atoms with E-state index in [4.69, 9.17) is 4.98 Å². The van der Waals surface area contributed by atoms with Crippen LogP contribution in [0.1, 0.15) is 54.5 Å². The van der Waals surface area contributed by atoms with Gasteiger partial charge in [0.15, 0.2) is 5.82 Å². The predicted octanol–water partition coefficient (Wildman–Crippen LogP) is 6.23. The molecule has 1 saturated heterocycles. The number of benzene rings is 2. The summed E-state index contributed by atoms with van der Waals surface area (Å²) in [4.78, 5) is 26.4. The Morgan fingerprint density at radius 1 is 0.949 bits per heavy atom. The van der Waals surface area contributed by atoms with Crippen molar-refractivity contribution >= 4 is 11.8 Å². The Kier molecular flexibility index (Phi) is 8.04. The van der Waals surface area contributed by atoms with Gasteiger partial charge in [-0.05, 0) is 37.5 Å². The monoisotopic (exact) mass is 537 g/mol. The molecule has 5 rings (SSSR count). The summed E-state index contributed by atoms with van der Waals surface area (Å²) in [6.07, 6.45) is 1.77. The number of nitrogens with one attached hydrogen (secondary N) is 1. The summed E-state index contributed by atoms with van der Waals surface area (Å²) in [5.74, 6) is 0.981. The van der Waals surface area contributed by atoms with Gasteiger partial charge < -0.3 is 15.1 Å². The number of nitrogens with zero attached hydrogens (tertiary/aromatic N) is 4. The first-order chi connectivity index (χ1) is 18.8. The maximum atomic E-state index is 13.4. The zero-order chi connectivity index (χ0) is 27.4. The zero-order valence-electron chi connectivity index (χ0n) is 22.2. The Morgan fingerprint density at radius 3 is 2.36 bits per heavy atom. The quantitative estimate of drug-likeness (QED) is 0.420. The highest BCUT2D eigenvalue weighted by Crippen LogP contribution is 2.33. The van der Waals surface area contributed by atoms with Crippen LogP contribution >= 0.6 is 0 Å². The van der Waals surface area contributed by atoms with E-state index in [1.807, 2.05) is 42.2 Å². The van der Waals surface area contributed by atoms with Gasteiger partial charge in [-0.15, -0.1) is 0 Å². The number of alkyl halides is 3. The average Bonchev–Trinajstić information content (AvgIpc) is 2.95. The Balaban J connectivity index is 1.41. The lowest BCUT2D eigenvalue weighted by atomic mass is 9.96. The number of hydrogen-bond donors (Lipinski definition) is 1. The van der Waals surface area contributed by atoms with E-state index in [1.165, 1.54) is 12.5 Å². The Morgan fingerprint density at radius 2 is 1.67 bits per heavy atom. The number of urea groups is 1. The summed E-state index contributed by atoms with van der Waals surface area (Å²) in [7, 11) is 0. The van der Waals surface area contributed by atoms with Crippen molar-refractivity contribution in [3.05, 3.63) is 77.0 Å². The molecule has 6 nitrogen and oxygen atoms in total. The number of anilines is 1. The summed E-state index contributed by atoms with van der Waals surface area (Å²) < 4.78 is 40.2. The normalized spacial score (nSPS) is 16.8. The second-order valence-electron chi connectivity index (χ2n) is 10.4. The minimum Gasteiger partial charge on any atom is -0.353 e. The van der Waals surface area contributed by atoms with E-state index in [1.54, 1.807) is 6.07 Å². The summed E-state index contributed by atoms with van der Waals surface area (Å²) in [5, 5.41) is 3.20. The molecule has 1 N–H and O–H groups in total. The first-order valence-corrected chi connectivity index (χ1v) is 13.7. The van der Waals surface area contributed by atoms with Crippen LogP contribution in [0.25, 0.3) is 11.4 Å². The maximum Gasteiger partial charge on any atom is 0.416 e. The number of amides is 2. The zero-order valence-corrected chi connectivity index (χ0v) is 22.2. The molecule has 0 unspecified atom stereocenters. The molecule has 1 aromatic heterocycles. The van der Waals surface area contributed by atoms with Crippen molar-refractivity contribution in [2.24, 2.45) is 0 Å². The van der Waals surface area contributed by atoms with Crippen LogP contribution in [0.2, 0.25) is 0 Å². The van der Waals surface area contributed by atoms with Crippen LogP contribution in [-0.4, -0.2) is 53.1 Å². The molecule has 3 aromatic rings. The molecule has 1 saturated carbocycles. The summed E-state index contributed by atoms with van der Waals surface area (Å²) in [6, 6.07) is 15.4. The number of rotatable bonds is 5. The van der Waals surface area contributed by atoms with Gasteiger partial charge in [0.25, 0.3) is 0 Å². The van der Waals surface area contributed by atoms with Gasteiger partial charge in [0, 0.05) is 55.5 Å². The van der Waals surface area contributed by atoms with E-state index in [2.05, 4.69) is 15.2 Å². The minimum atomic E-state index is -4.45. The van der Waals surface area contributed by atoms with E-state index < -0.39 is 11.7 Å². The summed E-state index contributed by atoms with van der Waals surface area (Å²) in [5.41, 5.74) is 2.37. The second kappa shape index (κ2) is 11.6. The number of aromatic nitrogens is 2. The van der Waals surface area contributed by atoms with Gasteiger partial charge in [-0.2, -0.15) is 13.2 Å². The highest BCUT2D eigenvalue weighted by Gasteiger charge is 2.31. The minimum absolute atomic E-state index is 0.0189. The lowest BCUT2D eigenvalue weighted by Gasteiger charge is -2.37. The SMILES string of the molecule is Cc1nc(-c2cccc(C(F)(F)F)c2)nc(N2CCN(C(=O)NC3CCCCC3)CC2)c1Cc1ccccc1. The van der Waals surface area contributed by atoms with Crippen LogP contribution in [0.15, 0.2) is 54.6 Å². The van der Waals surface area contributed by atoms with Gasteiger partial charge in [0.05, 0.1) is 5.56 Å². The summed E-state index contributed by atoms with van der Waals surface area (Å²) >= 11 is 0.